The van der Waals surface area contributed by atoms with Gasteiger partial charge >= 0.3 is 5.97 Å². The zero-order chi connectivity index (χ0) is 34.6. The van der Waals surface area contributed by atoms with E-state index in [1.807, 2.05) is 20.8 Å². The van der Waals surface area contributed by atoms with Crippen LogP contribution in [0.25, 0.3) is 0 Å². The Bertz CT molecular complexity index is 1310. The van der Waals surface area contributed by atoms with Gasteiger partial charge in [0.2, 0.25) is 11.8 Å². The van der Waals surface area contributed by atoms with E-state index < -0.39 is 12.1 Å². The number of phenolic OH excluding ortho intramolecular Hbond substituents is 1. The average Bonchev–Trinajstić information content (AvgIpc) is 3.46. The number of ether oxygens (including phenoxy) is 1. The summed E-state index contributed by atoms with van der Waals surface area (Å²) in [6, 6.07) is 4.64. The molecular weight excluding hydrogens is 604 g/mol. The highest BCUT2D eigenvalue weighted by molar-refractivity contribution is 7.09. The van der Waals surface area contributed by atoms with Crippen molar-refractivity contribution in [3.8, 4) is 5.75 Å². The third-order valence-corrected chi connectivity index (χ3v) is 9.00. The first-order chi connectivity index (χ1) is 21.6. The second kappa shape index (κ2) is 18.6. The number of anilines is 1. The van der Waals surface area contributed by atoms with Crippen molar-refractivity contribution < 1.29 is 29.0 Å². The van der Waals surface area contributed by atoms with Crippen molar-refractivity contribution >= 4 is 40.7 Å². The second-order valence-electron chi connectivity index (χ2n) is 13.1. The van der Waals surface area contributed by atoms with Crippen LogP contribution in [0.3, 0.4) is 0 Å². The molecule has 0 saturated heterocycles. The Kier molecular flexibility index (Phi) is 15.7. The summed E-state index contributed by atoms with van der Waals surface area (Å²) in [6.45, 7) is 15.6. The fraction of sp³-hybridized carbons (Fsp3) is 0.629. The minimum Gasteiger partial charge on any atom is -0.506 e. The summed E-state index contributed by atoms with van der Waals surface area (Å²) in [5.41, 5.74) is 1.43. The summed E-state index contributed by atoms with van der Waals surface area (Å²) in [4.78, 5) is 57.1. The molecule has 1 heterocycles. The molecule has 1 aromatic heterocycles. The molecule has 0 saturated carbocycles. The number of thiazole rings is 1. The zero-order valence-electron chi connectivity index (χ0n) is 29.0. The van der Waals surface area contributed by atoms with E-state index in [1.165, 1.54) is 18.3 Å². The van der Waals surface area contributed by atoms with Gasteiger partial charge < -0.3 is 25.4 Å². The second-order valence-corrected chi connectivity index (χ2v) is 14.0. The van der Waals surface area contributed by atoms with E-state index in [0.717, 1.165) is 12.0 Å². The molecule has 1 unspecified atom stereocenters. The molecule has 4 atom stereocenters. The van der Waals surface area contributed by atoms with Gasteiger partial charge in [0.25, 0.3) is 5.91 Å². The smallest absolute Gasteiger partial charge is 0.303 e. The molecule has 46 heavy (non-hydrogen) atoms. The van der Waals surface area contributed by atoms with Gasteiger partial charge in [-0.2, -0.15) is 0 Å². The number of phenols is 1. The van der Waals surface area contributed by atoms with Crippen molar-refractivity contribution in [2.45, 2.75) is 119 Å². The molecule has 10 nitrogen and oxygen atoms in total. The van der Waals surface area contributed by atoms with Crippen LogP contribution in [0, 0.1) is 17.8 Å². The highest BCUT2D eigenvalue weighted by Crippen LogP contribution is 2.31. The zero-order valence-corrected chi connectivity index (χ0v) is 29.8. The Hall–Kier alpha value is -3.47. The topological polar surface area (TPSA) is 138 Å². The number of nitrogens with zero attached hydrogens (tertiary/aromatic N) is 2. The van der Waals surface area contributed by atoms with Crippen LogP contribution in [0.2, 0.25) is 0 Å². The lowest BCUT2D eigenvalue weighted by Gasteiger charge is -2.34. The maximum Gasteiger partial charge on any atom is 0.303 e. The molecule has 1 aromatic carbocycles. The van der Waals surface area contributed by atoms with E-state index in [2.05, 4.69) is 43.3 Å². The van der Waals surface area contributed by atoms with Crippen LogP contribution in [0.15, 0.2) is 23.6 Å². The molecule has 2 aromatic rings. The Morgan fingerprint density at radius 2 is 1.76 bits per heavy atom. The number of rotatable bonds is 18. The summed E-state index contributed by atoms with van der Waals surface area (Å²) >= 11 is 1.25. The predicted octanol–water partition coefficient (Wildman–Crippen LogP) is 6.89. The molecule has 0 bridgehead atoms. The number of amides is 3. The van der Waals surface area contributed by atoms with Gasteiger partial charge in [0, 0.05) is 50.7 Å². The van der Waals surface area contributed by atoms with Crippen molar-refractivity contribution in [2.24, 2.45) is 17.8 Å². The molecule has 0 aliphatic carbocycles. The Balaban J connectivity index is 2.25. The lowest BCUT2D eigenvalue weighted by Crippen LogP contribution is -2.42. The van der Waals surface area contributed by atoms with Crippen LogP contribution < -0.4 is 10.6 Å². The van der Waals surface area contributed by atoms with E-state index >= 15 is 0 Å². The van der Waals surface area contributed by atoms with Crippen molar-refractivity contribution in [1.82, 2.24) is 15.2 Å². The maximum atomic E-state index is 13.5. The largest absolute Gasteiger partial charge is 0.506 e. The lowest BCUT2D eigenvalue weighted by molar-refractivity contribution is -0.148. The number of hydrogen-bond donors (Lipinski definition) is 3. The number of carbonyl (C=O) groups excluding carboxylic acids is 4. The summed E-state index contributed by atoms with van der Waals surface area (Å²) in [6.07, 6.45) is 3.26. The van der Waals surface area contributed by atoms with E-state index in [0.29, 0.717) is 55.1 Å². The molecule has 2 rings (SSSR count). The van der Waals surface area contributed by atoms with Gasteiger partial charge in [0.05, 0.1) is 5.69 Å². The SMILES string of the molecule is CCCC(=O)Nc1cc(C[C@@H](CC(C)C)NC(=O)c2csc([C@@H](CC(C(C)C)N(C)C(=O)C[C@@H](C)CC)OC(C)=O)n2)ccc1O. The molecule has 3 N–H and O–H groups in total. The Labute approximate surface area is 278 Å². The van der Waals surface area contributed by atoms with Gasteiger partial charge in [-0.3, -0.25) is 19.2 Å². The molecular formula is C35H54N4O6S. The third kappa shape index (κ3) is 12.4. The highest BCUT2D eigenvalue weighted by atomic mass is 32.1. The number of esters is 1. The van der Waals surface area contributed by atoms with E-state index in [9.17, 15) is 24.3 Å². The van der Waals surface area contributed by atoms with Gasteiger partial charge in [-0.05, 0) is 54.7 Å². The first-order valence-electron chi connectivity index (χ1n) is 16.5. The summed E-state index contributed by atoms with van der Waals surface area (Å²) in [5.74, 6) is -0.270. The number of aromatic nitrogens is 1. The molecule has 11 heteroatoms. The summed E-state index contributed by atoms with van der Waals surface area (Å²) in [5, 5.41) is 18.3. The van der Waals surface area contributed by atoms with Crippen molar-refractivity contribution in [2.75, 3.05) is 12.4 Å². The summed E-state index contributed by atoms with van der Waals surface area (Å²) < 4.78 is 5.71. The number of hydrogen-bond acceptors (Lipinski definition) is 8. The minimum absolute atomic E-state index is 0.0132. The van der Waals surface area contributed by atoms with Crippen LogP contribution >= 0.6 is 11.3 Å². The molecule has 3 amide bonds. The molecule has 256 valence electrons. The van der Waals surface area contributed by atoms with Gasteiger partial charge in [-0.25, -0.2) is 4.98 Å². The fourth-order valence-electron chi connectivity index (χ4n) is 5.36. The molecule has 0 fully saturated rings. The maximum absolute atomic E-state index is 13.5. The molecule has 0 aliphatic heterocycles. The molecule has 0 spiro atoms. The Morgan fingerprint density at radius 3 is 2.35 bits per heavy atom. The standard InChI is InChI=1S/C35H54N4O6S/c1-10-12-32(42)37-27-18-25(13-14-30(27)41)17-26(15-21(3)4)36-34(44)28-20-46-35(38-28)31(45-24(8)40)19-29(22(5)6)39(9)33(43)16-23(7)11-2/h13-14,18,20-23,26,29,31,41H,10-12,15-17,19H2,1-9H3,(H,36,44)(H,37,42)/t23-,26+,29?,31+/m0/s1. The number of aromatic hydroxyl groups is 1. The number of nitrogens with one attached hydrogen (secondary N) is 2. The van der Waals surface area contributed by atoms with Crippen molar-refractivity contribution in [1.29, 1.82) is 0 Å². The average molecular weight is 659 g/mol. The van der Waals surface area contributed by atoms with Crippen LogP contribution in [0.5, 0.6) is 5.75 Å². The molecule has 0 radical (unpaired) electrons. The van der Waals surface area contributed by atoms with Gasteiger partial charge in [-0.1, -0.05) is 61.0 Å². The predicted molar refractivity (Wildman–Crippen MR) is 183 cm³/mol. The number of carbonyl (C=O) groups is 4. The van der Waals surface area contributed by atoms with Crippen molar-refractivity contribution in [3.63, 3.8) is 0 Å². The minimum atomic E-state index is -0.708. The lowest BCUT2D eigenvalue weighted by atomic mass is 9.95. The van der Waals surface area contributed by atoms with Gasteiger partial charge in [0.1, 0.15) is 16.5 Å². The van der Waals surface area contributed by atoms with E-state index in [4.69, 9.17) is 4.74 Å². The van der Waals surface area contributed by atoms with E-state index in [1.54, 1.807) is 35.5 Å². The Morgan fingerprint density at radius 1 is 1.07 bits per heavy atom. The van der Waals surface area contributed by atoms with Gasteiger partial charge in [0.15, 0.2) is 6.10 Å². The first kappa shape index (κ1) is 38.7. The van der Waals surface area contributed by atoms with Crippen LogP contribution in [0.4, 0.5) is 5.69 Å². The summed E-state index contributed by atoms with van der Waals surface area (Å²) in [7, 11) is 1.80. The highest BCUT2D eigenvalue weighted by Gasteiger charge is 2.31. The fourth-order valence-corrected chi connectivity index (χ4v) is 6.20. The van der Waals surface area contributed by atoms with Crippen LogP contribution in [-0.4, -0.2) is 57.8 Å². The molecule has 0 aliphatic rings. The number of benzene rings is 1. The van der Waals surface area contributed by atoms with Crippen molar-refractivity contribution in [3.05, 3.63) is 39.8 Å². The third-order valence-electron chi connectivity index (χ3n) is 8.06. The first-order valence-corrected chi connectivity index (χ1v) is 17.3. The van der Waals surface area contributed by atoms with Crippen LogP contribution in [0.1, 0.15) is 121 Å². The van der Waals surface area contributed by atoms with E-state index in [-0.39, 0.29) is 53.1 Å². The monoisotopic (exact) mass is 658 g/mol. The van der Waals surface area contributed by atoms with Crippen LogP contribution in [-0.2, 0) is 25.5 Å². The van der Waals surface area contributed by atoms with Gasteiger partial charge in [-0.15, -0.1) is 11.3 Å². The quantitative estimate of drug-likeness (QED) is 0.117. The normalized spacial score (nSPS) is 14.0.